The van der Waals surface area contributed by atoms with E-state index in [1.165, 1.54) is 28.8 Å². The van der Waals surface area contributed by atoms with Crippen LogP contribution in [0.25, 0.3) is 0 Å². The Hall–Kier alpha value is -1.67. The first-order chi connectivity index (χ1) is 9.08. The van der Waals surface area contributed by atoms with Crippen LogP contribution in [0.3, 0.4) is 0 Å². The van der Waals surface area contributed by atoms with E-state index in [1.54, 1.807) is 0 Å². The van der Waals surface area contributed by atoms with E-state index in [0.717, 1.165) is 12.1 Å². The molecule has 2 rings (SSSR count). The minimum atomic E-state index is -0.189. The molecule has 0 aliphatic rings. The molecule has 1 N–H and O–H groups in total. The first-order valence-electron chi connectivity index (χ1n) is 6.62. The summed E-state index contributed by atoms with van der Waals surface area (Å²) in [5.41, 5.74) is 5.07. The molecule has 0 radical (unpaired) electrons. The highest BCUT2D eigenvalue weighted by Crippen LogP contribution is 2.16. The van der Waals surface area contributed by atoms with Crippen LogP contribution in [-0.2, 0) is 6.54 Å². The number of hydrogen-bond donors (Lipinski definition) is 1. The number of aryl methyl sites for hydroxylation is 1. The Bertz CT molecular complexity index is 546. The van der Waals surface area contributed by atoms with Crippen molar-refractivity contribution in [2.24, 2.45) is 0 Å². The molecule has 0 aromatic heterocycles. The summed E-state index contributed by atoms with van der Waals surface area (Å²) in [6, 6.07) is 13.2. The maximum atomic E-state index is 12.9. The number of nitrogens with one attached hydrogen (secondary N) is 1. The van der Waals surface area contributed by atoms with Gasteiger partial charge in [0.05, 0.1) is 0 Å². The van der Waals surface area contributed by atoms with Gasteiger partial charge in [-0.3, -0.25) is 0 Å². The zero-order chi connectivity index (χ0) is 13.8. The molecule has 100 valence electrons. The summed E-state index contributed by atoms with van der Waals surface area (Å²) in [6.45, 7) is 7.20. The van der Waals surface area contributed by atoms with Crippen LogP contribution in [0.5, 0.6) is 0 Å². The molecular formula is C17H20FN. The average molecular weight is 257 g/mol. The first kappa shape index (κ1) is 13.8. The summed E-state index contributed by atoms with van der Waals surface area (Å²) < 4.78 is 12.9. The van der Waals surface area contributed by atoms with Crippen molar-refractivity contribution in [3.05, 3.63) is 70.5 Å². The van der Waals surface area contributed by atoms with Gasteiger partial charge in [0.15, 0.2) is 0 Å². The topological polar surface area (TPSA) is 12.0 Å². The van der Waals surface area contributed by atoms with Crippen molar-refractivity contribution in [2.75, 3.05) is 0 Å². The molecule has 0 aliphatic carbocycles. The molecule has 2 aromatic rings. The maximum absolute atomic E-state index is 12.9. The van der Waals surface area contributed by atoms with Gasteiger partial charge in [-0.25, -0.2) is 4.39 Å². The van der Waals surface area contributed by atoms with Crippen molar-refractivity contribution in [1.29, 1.82) is 0 Å². The molecule has 1 unspecified atom stereocenters. The highest BCUT2D eigenvalue weighted by Gasteiger charge is 2.06. The van der Waals surface area contributed by atoms with E-state index in [2.05, 4.69) is 44.3 Å². The molecule has 0 bridgehead atoms. The Kier molecular flexibility index (Phi) is 4.33. The predicted octanol–water partition coefficient (Wildman–Crippen LogP) is 4.29. The average Bonchev–Trinajstić information content (AvgIpc) is 2.41. The fourth-order valence-corrected chi connectivity index (χ4v) is 2.14. The minimum absolute atomic E-state index is 0.189. The van der Waals surface area contributed by atoms with Crippen molar-refractivity contribution in [3.8, 4) is 0 Å². The number of hydrogen-bond acceptors (Lipinski definition) is 1. The van der Waals surface area contributed by atoms with Crippen LogP contribution in [-0.4, -0.2) is 0 Å². The molecule has 0 amide bonds. The second kappa shape index (κ2) is 5.98. The van der Waals surface area contributed by atoms with Gasteiger partial charge in [-0.15, -0.1) is 0 Å². The smallest absolute Gasteiger partial charge is 0.123 e. The Morgan fingerprint density at radius 1 is 1.05 bits per heavy atom. The number of benzene rings is 2. The van der Waals surface area contributed by atoms with Crippen LogP contribution >= 0.6 is 0 Å². The lowest BCUT2D eigenvalue weighted by molar-refractivity contribution is 0.569. The Morgan fingerprint density at radius 2 is 1.74 bits per heavy atom. The summed E-state index contributed by atoms with van der Waals surface area (Å²) in [4.78, 5) is 0. The van der Waals surface area contributed by atoms with Gasteiger partial charge in [-0.05, 0) is 55.2 Å². The molecule has 19 heavy (non-hydrogen) atoms. The molecule has 2 heteroatoms. The molecule has 0 saturated heterocycles. The minimum Gasteiger partial charge on any atom is -0.306 e. The Morgan fingerprint density at radius 3 is 2.42 bits per heavy atom. The van der Waals surface area contributed by atoms with Gasteiger partial charge in [0, 0.05) is 12.6 Å². The second-order valence-corrected chi connectivity index (χ2v) is 5.01. The van der Waals surface area contributed by atoms with E-state index in [0.29, 0.717) is 0 Å². The third-order valence-corrected chi connectivity index (χ3v) is 3.69. The Balaban J connectivity index is 2.02. The van der Waals surface area contributed by atoms with Crippen LogP contribution in [0.1, 0.15) is 35.2 Å². The van der Waals surface area contributed by atoms with Gasteiger partial charge < -0.3 is 5.32 Å². The summed E-state index contributed by atoms with van der Waals surface area (Å²) in [7, 11) is 0. The van der Waals surface area contributed by atoms with Gasteiger partial charge in [-0.2, -0.15) is 0 Å². The lowest BCUT2D eigenvalue weighted by Crippen LogP contribution is -2.18. The monoisotopic (exact) mass is 257 g/mol. The molecule has 1 atom stereocenters. The van der Waals surface area contributed by atoms with Gasteiger partial charge in [0.25, 0.3) is 0 Å². The van der Waals surface area contributed by atoms with Crippen molar-refractivity contribution in [1.82, 2.24) is 5.32 Å². The summed E-state index contributed by atoms with van der Waals surface area (Å²) >= 11 is 0. The number of halogens is 1. The van der Waals surface area contributed by atoms with Gasteiger partial charge in [0.1, 0.15) is 5.82 Å². The molecule has 0 fully saturated rings. The van der Waals surface area contributed by atoms with E-state index in [9.17, 15) is 4.39 Å². The molecule has 0 spiro atoms. The summed E-state index contributed by atoms with van der Waals surface area (Å²) in [5.74, 6) is -0.189. The lowest BCUT2D eigenvalue weighted by Gasteiger charge is -2.16. The highest BCUT2D eigenvalue weighted by molar-refractivity contribution is 5.33. The second-order valence-electron chi connectivity index (χ2n) is 5.01. The third kappa shape index (κ3) is 3.42. The van der Waals surface area contributed by atoms with E-state index < -0.39 is 0 Å². The Labute approximate surface area is 114 Å². The van der Waals surface area contributed by atoms with Crippen molar-refractivity contribution in [2.45, 2.75) is 33.4 Å². The fourth-order valence-electron chi connectivity index (χ4n) is 2.14. The van der Waals surface area contributed by atoms with Crippen LogP contribution in [0.15, 0.2) is 42.5 Å². The van der Waals surface area contributed by atoms with Crippen LogP contribution in [0.4, 0.5) is 4.39 Å². The molecule has 0 aliphatic heterocycles. The molecule has 2 aromatic carbocycles. The lowest BCUT2D eigenvalue weighted by atomic mass is 10.0. The fraction of sp³-hybridized carbons (Fsp3) is 0.294. The molecular weight excluding hydrogens is 237 g/mol. The van der Waals surface area contributed by atoms with Crippen LogP contribution in [0.2, 0.25) is 0 Å². The van der Waals surface area contributed by atoms with E-state index in [4.69, 9.17) is 0 Å². The standard InChI is InChI=1S/C17H20FN/c1-12-5-4-6-16(13(12)2)11-19-14(3)15-7-9-17(18)10-8-15/h4-10,14,19H,11H2,1-3H3. The van der Waals surface area contributed by atoms with E-state index in [1.807, 2.05) is 12.1 Å². The zero-order valence-electron chi connectivity index (χ0n) is 11.7. The predicted molar refractivity (Wildman–Crippen MR) is 77.6 cm³/mol. The van der Waals surface area contributed by atoms with Crippen LogP contribution < -0.4 is 5.32 Å². The molecule has 0 saturated carbocycles. The zero-order valence-corrected chi connectivity index (χ0v) is 11.7. The van der Waals surface area contributed by atoms with Crippen molar-refractivity contribution in [3.63, 3.8) is 0 Å². The van der Waals surface area contributed by atoms with E-state index in [-0.39, 0.29) is 11.9 Å². The van der Waals surface area contributed by atoms with Crippen LogP contribution in [0, 0.1) is 19.7 Å². The van der Waals surface area contributed by atoms with Gasteiger partial charge in [0.2, 0.25) is 0 Å². The largest absolute Gasteiger partial charge is 0.306 e. The maximum Gasteiger partial charge on any atom is 0.123 e. The summed E-state index contributed by atoms with van der Waals surface area (Å²) in [5, 5.41) is 3.48. The van der Waals surface area contributed by atoms with Gasteiger partial charge >= 0.3 is 0 Å². The van der Waals surface area contributed by atoms with E-state index >= 15 is 0 Å². The van der Waals surface area contributed by atoms with Crippen molar-refractivity contribution >= 4 is 0 Å². The normalized spacial score (nSPS) is 12.4. The first-order valence-corrected chi connectivity index (χ1v) is 6.62. The van der Waals surface area contributed by atoms with Gasteiger partial charge in [-0.1, -0.05) is 30.3 Å². The quantitative estimate of drug-likeness (QED) is 0.861. The third-order valence-electron chi connectivity index (χ3n) is 3.69. The molecule has 1 nitrogen and oxygen atoms in total. The number of rotatable bonds is 4. The summed E-state index contributed by atoms with van der Waals surface area (Å²) in [6.07, 6.45) is 0. The molecule has 0 heterocycles. The highest BCUT2D eigenvalue weighted by atomic mass is 19.1. The van der Waals surface area contributed by atoms with Crippen molar-refractivity contribution < 1.29 is 4.39 Å². The SMILES string of the molecule is Cc1cccc(CNC(C)c2ccc(F)cc2)c1C.